The summed E-state index contributed by atoms with van der Waals surface area (Å²) < 4.78 is 11.5. The zero-order valence-corrected chi connectivity index (χ0v) is 14.0. The Kier molecular flexibility index (Phi) is 3.61. The Labute approximate surface area is 148 Å². The molecule has 25 heavy (non-hydrogen) atoms. The summed E-state index contributed by atoms with van der Waals surface area (Å²) in [4.78, 5) is 11.7. The summed E-state index contributed by atoms with van der Waals surface area (Å²) in [7, 11) is 1.54. The van der Waals surface area contributed by atoms with Crippen LogP contribution in [0, 0.1) is 10.1 Å². The van der Waals surface area contributed by atoms with Gasteiger partial charge in [0.05, 0.1) is 18.6 Å². The highest BCUT2D eigenvalue weighted by atomic mass is 35.5. The normalized spacial score (nSPS) is 26.5. The van der Waals surface area contributed by atoms with Crippen molar-refractivity contribution in [3.63, 3.8) is 0 Å². The maximum Gasteiger partial charge on any atom is 0.378 e. The average Bonchev–Trinajstić information content (AvgIpc) is 3.08. The zero-order valence-electron chi connectivity index (χ0n) is 13.3. The highest BCUT2D eigenvalue weighted by Gasteiger charge is 2.66. The van der Waals surface area contributed by atoms with Gasteiger partial charge < -0.3 is 9.47 Å². The van der Waals surface area contributed by atoms with Crippen LogP contribution in [0.1, 0.15) is 23.1 Å². The molecule has 4 rings (SSSR count). The first-order valence-corrected chi connectivity index (χ1v) is 8.08. The van der Waals surface area contributed by atoms with Crippen LogP contribution in [0.25, 0.3) is 0 Å². The topological polar surface area (TPSA) is 86.3 Å². The Balaban J connectivity index is 1.94. The number of hydrogen-bond acceptors (Lipinski definition) is 6. The van der Waals surface area contributed by atoms with Crippen LogP contribution < -0.4 is 9.47 Å². The van der Waals surface area contributed by atoms with Crippen LogP contribution in [0.4, 0.5) is 0 Å². The molecule has 128 valence electrons. The molecule has 0 amide bonds. The Bertz CT molecular complexity index is 871. The summed E-state index contributed by atoms with van der Waals surface area (Å²) in [6.07, 6.45) is -0.931. The number of halogens is 1. The van der Waals surface area contributed by atoms with E-state index in [9.17, 15) is 10.1 Å². The van der Waals surface area contributed by atoms with Crippen molar-refractivity contribution in [3.8, 4) is 11.5 Å². The lowest BCUT2D eigenvalue weighted by molar-refractivity contribution is -0.586. The molecule has 2 heterocycles. The fourth-order valence-electron chi connectivity index (χ4n) is 3.51. The second kappa shape index (κ2) is 5.70. The molecule has 2 aromatic rings. The second-order valence-electron chi connectivity index (χ2n) is 5.94. The number of methoxy groups -OCH3 is 1. The van der Waals surface area contributed by atoms with E-state index in [2.05, 4.69) is 10.2 Å². The Hall–Kier alpha value is -2.67. The third-order valence-electron chi connectivity index (χ3n) is 4.70. The van der Waals surface area contributed by atoms with E-state index in [1.165, 1.54) is 7.11 Å². The van der Waals surface area contributed by atoms with Gasteiger partial charge in [-0.3, -0.25) is 10.1 Å². The summed E-state index contributed by atoms with van der Waals surface area (Å²) in [5.41, 5.74) is -0.400. The second-order valence-corrected chi connectivity index (χ2v) is 6.38. The van der Waals surface area contributed by atoms with Gasteiger partial charge in [0.1, 0.15) is 5.92 Å². The van der Waals surface area contributed by atoms with Crippen molar-refractivity contribution in [1.82, 2.24) is 0 Å². The summed E-state index contributed by atoms with van der Waals surface area (Å²) in [6, 6.07) is 12.1. The molecule has 2 aliphatic heterocycles. The van der Waals surface area contributed by atoms with Crippen LogP contribution in [0.2, 0.25) is 5.02 Å². The van der Waals surface area contributed by atoms with Crippen LogP contribution in [-0.2, 0) is 0 Å². The van der Waals surface area contributed by atoms with Crippen LogP contribution in [0.15, 0.2) is 52.7 Å². The van der Waals surface area contributed by atoms with Crippen molar-refractivity contribution in [2.45, 2.75) is 17.7 Å². The average molecular weight is 360 g/mol. The van der Waals surface area contributed by atoms with E-state index in [-0.39, 0.29) is 6.54 Å². The molecule has 0 spiro atoms. The first-order valence-electron chi connectivity index (χ1n) is 7.70. The van der Waals surface area contributed by atoms with Crippen molar-refractivity contribution >= 4 is 11.6 Å². The van der Waals surface area contributed by atoms with Crippen molar-refractivity contribution in [1.29, 1.82) is 0 Å². The predicted octanol–water partition coefficient (Wildman–Crippen LogP) is 4.00. The number of nitrogens with zero attached hydrogens (tertiary/aromatic N) is 3. The Morgan fingerprint density at radius 3 is 2.76 bits per heavy atom. The van der Waals surface area contributed by atoms with Gasteiger partial charge in [0.25, 0.3) is 0 Å². The Morgan fingerprint density at radius 2 is 2.08 bits per heavy atom. The van der Waals surface area contributed by atoms with E-state index in [0.717, 1.165) is 0 Å². The number of fused-ring (bicyclic) bond motifs is 3. The molecular formula is C17H14ClN3O4. The number of nitro groups is 1. The number of ether oxygens (including phenoxy) is 2. The third kappa shape index (κ3) is 2.19. The molecule has 0 N–H and O–H groups in total. The van der Waals surface area contributed by atoms with Crippen molar-refractivity contribution in [2.24, 2.45) is 10.2 Å². The van der Waals surface area contributed by atoms with E-state index in [4.69, 9.17) is 21.1 Å². The fraction of sp³-hybridized carbons (Fsp3) is 0.294. The van der Waals surface area contributed by atoms with E-state index < -0.39 is 22.6 Å². The van der Waals surface area contributed by atoms with Crippen LogP contribution in [0.5, 0.6) is 11.5 Å². The fourth-order valence-corrected chi connectivity index (χ4v) is 3.64. The molecule has 0 saturated carbocycles. The highest BCUT2D eigenvalue weighted by Crippen LogP contribution is 2.55. The number of rotatable bonds is 3. The first kappa shape index (κ1) is 15.8. The largest absolute Gasteiger partial charge is 0.493 e. The minimum Gasteiger partial charge on any atom is -0.493 e. The van der Waals surface area contributed by atoms with Crippen molar-refractivity contribution < 1.29 is 14.4 Å². The number of hydrogen-bond donors (Lipinski definition) is 0. The lowest BCUT2D eigenvalue weighted by Gasteiger charge is -2.37. The van der Waals surface area contributed by atoms with Crippen LogP contribution in [0.3, 0.4) is 0 Å². The molecule has 0 aliphatic carbocycles. The summed E-state index contributed by atoms with van der Waals surface area (Å²) in [6.45, 7) is 0.231. The smallest absolute Gasteiger partial charge is 0.378 e. The lowest BCUT2D eigenvalue weighted by Crippen LogP contribution is -2.51. The third-order valence-corrected chi connectivity index (χ3v) is 4.95. The van der Waals surface area contributed by atoms with Gasteiger partial charge in [0.2, 0.25) is 6.10 Å². The van der Waals surface area contributed by atoms with E-state index in [1.54, 1.807) is 42.5 Å². The maximum atomic E-state index is 12.1. The molecule has 0 radical (unpaired) electrons. The summed E-state index contributed by atoms with van der Waals surface area (Å²) >= 11 is 5.95. The molecular weight excluding hydrogens is 346 g/mol. The molecule has 0 bridgehead atoms. The van der Waals surface area contributed by atoms with Crippen molar-refractivity contribution in [2.75, 3.05) is 13.7 Å². The molecule has 3 atom stereocenters. The zero-order chi connectivity index (χ0) is 17.6. The summed E-state index contributed by atoms with van der Waals surface area (Å²) in [5.74, 6) is 0.502. The van der Waals surface area contributed by atoms with E-state index in [0.29, 0.717) is 27.6 Å². The lowest BCUT2D eigenvalue weighted by atomic mass is 9.78. The molecule has 0 fully saturated rings. The van der Waals surface area contributed by atoms with Gasteiger partial charge in [-0.05, 0) is 18.2 Å². The molecule has 0 unspecified atom stereocenters. The van der Waals surface area contributed by atoms with E-state index >= 15 is 0 Å². The minimum absolute atomic E-state index is 0.231. The van der Waals surface area contributed by atoms with Gasteiger partial charge in [0, 0.05) is 16.1 Å². The molecule has 0 aromatic heterocycles. The van der Waals surface area contributed by atoms with Gasteiger partial charge >= 0.3 is 5.66 Å². The number of azo groups is 1. The van der Waals surface area contributed by atoms with Crippen LogP contribution in [-0.4, -0.2) is 24.2 Å². The molecule has 7 nitrogen and oxygen atoms in total. The number of benzene rings is 2. The summed E-state index contributed by atoms with van der Waals surface area (Å²) in [5, 5.41) is 20.7. The highest BCUT2D eigenvalue weighted by molar-refractivity contribution is 6.30. The standard InChI is InChI=1S/C17H14ClN3O4/c1-24-14-4-2-3-12-13-9-19-20-17(13,21(22)23)16(25-15(12)14)10-5-7-11(18)8-6-10/h2-8,13,16H,9H2,1H3/t13-,16+,17+/m1/s1. The Morgan fingerprint density at radius 1 is 1.32 bits per heavy atom. The number of para-hydroxylation sites is 1. The van der Waals surface area contributed by atoms with Gasteiger partial charge in [0.15, 0.2) is 11.5 Å². The van der Waals surface area contributed by atoms with Gasteiger partial charge in [-0.25, -0.2) is 0 Å². The molecule has 8 heteroatoms. The first-order chi connectivity index (χ1) is 12.1. The molecule has 0 saturated heterocycles. The minimum atomic E-state index is -1.70. The van der Waals surface area contributed by atoms with Gasteiger partial charge in [-0.15, -0.1) is 5.11 Å². The van der Waals surface area contributed by atoms with Gasteiger partial charge in [-0.2, -0.15) is 5.11 Å². The molecule has 2 aliphatic rings. The monoisotopic (exact) mass is 359 g/mol. The van der Waals surface area contributed by atoms with E-state index in [1.807, 2.05) is 0 Å². The predicted molar refractivity (Wildman–Crippen MR) is 90.0 cm³/mol. The molecule has 2 aromatic carbocycles. The van der Waals surface area contributed by atoms with Crippen molar-refractivity contribution in [3.05, 3.63) is 68.7 Å². The van der Waals surface area contributed by atoms with Gasteiger partial charge in [-0.1, -0.05) is 35.9 Å². The van der Waals surface area contributed by atoms with Crippen LogP contribution >= 0.6 is 11.6 Å². The quantitative estimate of drug-likeness (QED) is 0.612. The maximum absolute atomic E-state index is 12.1. The SMILES string of the molecule is COc1cccc2c1O[C@@H](c1ccc(Cl)cc1)[C@]1([N+](=O)[O-])N=NC[C@H]21.